The molecule has 0 radical (unpaired) electrons. The van der Waals surface area contributed by atoms with Crippen LogP contribution in [0.1, 0.15) is 22.0 Å². The molecule has 0 atom stereocenters. The molecule has 0 aliphatic heterocycles. The molecule has 0 fully saturated rings. The number of rotatable bonds is 3. The Balaban J connectivity index is 2.29. The Hall–Kier alpha value is -1.91. The lowest BCUT2D eigenvalue weighted by molar-refractivity contribution is 0.111. The minimum absolute atomic E-state index is 0.439. The Morgan fingerprint density at radius 2 is 2.33 bits per heavy atom. The van der Waals surface area contributed by atoms with Gasteiger partial charge in [-0.2, -0.15) is 5.10 Å². The van der Waals surface area contributed by atoms with Crippen molar-refractivity contribution >= 4 is 6.29 Å². The first-order chi connectivity index (χ1) is 7.20. The number of carbonyl (C=O) groups is 1. The summed E-state index contributed by atoms with van der Waals surface area (Å²) in [6, 6.07) is 1.99. The van der Waals surface area contributed by atoms with Crippen LogP contribution in [-0.2, 0) is 13.6 Å². The molecule has 2 rings (SSSR count). The van der Waals surface area contributed by atoms with Crippen LogP contribution in [0.4, 0.5) is 0 Å². The van der Waals surface area contributed by atoms with Crippen LogP contribution in [-0.4, -0.2) is 25.6 Å². The second kappa shape index (κ2) is 3.68. The van der Waals surface area contributed by atoms with E-state index in [9.17, 15) is 4.79 Å². The van der Waals surface area contributed by atoms with Gasteiger partial charge in [0.2, 0.25) is 0 Å². The Morgan fingerprint density at radius 1 is 1.53 bits per heavy atom. The van der Waals surface area contributed by atoms with Crippen LogP contribution >= 0.6 is 0 Å². The Kier molecular flexibility index (Phi) is 2.37. The van der Waals surface area contributed by atoms with Crippen molar-refractivity contribution in [3.63, 3.8) is 0 Å². The van der Waals surface area contributed by atoms with E-state index in [-0.39, 0.29) is 0 Å². The van der Waals surface area contributed by atoms with Gasteiger partial charge in [-0.05, 0) is 13.0 Å². The van der Waals surface area contributed by atoms with E-state index in [1.807, 2.05) is 24.7 Å². The van der Waals surface area contributed by atoms with Crippen molar-refractivity contribution in [3.8, 4) is 0 Å². The molecular weight excluding hydrogens is 192 g/mol. The molecule has 2 heterocycles. The molecule has 2 aromatic heterocycles. The SMILES string of the molecule is Cc1cc(Cn2ccnc2C=O)n(C)n1. The highest BCUT2D eigenvalue weighted by molar-refractivity contribution is 5.69. The van der Waals surface area contributed by atoms with Crippen LogP contribution in [0.15, 0.2) is 18.5 Å². The summed E-state index contributed by atoms with van der Waals surface area (Å²) in [6.45, 7) is 2.56. The zero-order valence-corrected chi connectivity index (χ0v) is 8.71. The summed E-state index contributed by atoms with van der Waals surface area (Å²) in [5, 5.41) is 4.24. The van der Waals surface area contributed by atoms with Gasteiger partial charge in [0, 0.05) is 19.4 Å². The zero-order chi connectivity index (χ0) is 10.8. The monoisotopic (exact) mass is 204 g/mol. The van der Waals surface area contributed by atoms with E-state index in [1.54, 1.807) is 17.0 Å². The van der Waals surface area contributed by atoms with Gasteiger partial charge >= 0.3 is 0 Å². The number of aromatic nitrogens is 4. The molecule has 0 aromatic carbocycles. The Bertz CT molecular complexity index is 483. The lowest BCUT2D eigenvalue weighted by Gasteiger charge is -2.03. The molecular formula is C10H12N4O. The second-order valence-electron chi connectivity index (χ2n) is 3.43. The standard InChI is InChI=1S/C10H12N4O/c1-8-5-9(13(2)12-8)6-14-4-3-11-10(14)7-15/h3-5,7H,6H2,1-2H3. The summed E-state index contributed by atoms with van der Waals surface area (Å²) < 4.78 is 3.60. The highest BCUT2D eigenvalue weighted by Gasteiger charge is 2.05. The summed E-state index contributed by atoms with van der Waals surface area (Å²) in [7, 11) is 1.89. The van der Waals surface area contributed by atoms with Gasteiger partial charge in [0.1, 0.15) is 0 Å². The zero-order valence-electron chi connectivity index (χ0n) is 8.71. The molecule has 0 aliphatic carbocycles. The minimum Gasteiger partial charge on any atom is -0.323 e. The largest absolute Gasteiger partial charge is 0.323 e. The molecule has 15 heavy (non-hydrogen) atoms. The number of hydrogen-bond donors (Lipinski definition) is 0. The fourth-order valence-corrected chi connectivity index (χ4v) is 1.56. The van der Waals surface area contributed by atoms with Crippen molar-refractivity contribution in [1.82, 2.24) is 19.3 Å². The second-order valence-corrected chi connectivity index (χ2v) is 3.43. The smallest absolute Gasteiger partial charge is 0.185 e. The van der Waals surface area contributed by atoms with Crippen LogP contribution in [0.5, 0.6) is 0 Å². The van der Waals surface area contributed by atoms with Crippen LogP contribution in [0, 0.1) is 6.92 Å². The highest BCUT2D eigenvalue weighted by atomic mass is 16.1. The lowest BCUT2D eigenvalue weighted by Crippen LogP contribution is -2.07. The van der Waals surface area contributed by atoms with Crippen molar-refractivity contribution in [3.05, 3.63) is 35.7 Å². The third kappa shape index (κ3) is 1.81. The van der Waals surface area contributed by atoms with Crippen LogP contribution in [0.25, 0.3) is 0 Å². The van der Waals surface area contributed by atoms with Gasteiger partial charge in [0.15, 0.2) is 12.1 Å². The fraction of sp³-hybridized carbons (Fsp3) is 0.300. The van der Waals surface area contributed by atoms with E-state index in [4.69, 9.17) is 0 Å². The molecule has 5 nitrogen and oxygen atoms in total. The Morgan fingerprint density at radius 3 is 2.93 bits per heavy atom. The maximum atomic E-state index is 10.7. The van der Waals surface area contributed by atoms with Gasteiger partial charge < -0.3 is 4.57 Å². The first kappa shape index (κ1) is 9.64. The van der Waals surface area contributed by atoms with Gasteiger partial charge in [-0.15, -0.1) is 0 Å². The molecule has 0 saturated carbocycles. The van der Waals surface area contributed by atoms with Gasteiger partial charge in [-0.1, -0.05) is 0 Å². The van der Waals surface area contributed by atoms with Gasteiger partial charge in [0.25, 0.3) is 0 Å². The quantitative estimate of drug-likeness (QED) is 0.694. The number of nitrogens with zero attached hydrogens (tertiary/aromatic N) is 4. The molecule has 78 valence electrons. The van der Waals surface area contributed by atoms with E-state index in [0.717, 1.165) is 17.7 Å². The summed E-state index contributed by atoms with van der Waals surface area (Å²) in [5.74, 6) is 0.439. The summed E-state index contributed by atoms with van der Waals surface area (Å²) in [4.78, 5) is 14.6. The third-order valence-electron chi connectivity index (χ3n) is 2.28. The van der Waals surface area contributed by atoms with Crippen molar-refractivity contribution in [2.24, 2.45) is 7.05 Å². The molecule has 0 unspecified atom stereocenters. The van der Waals surface area contributed by atoms with E-state index in [2.05, 4.69) is 10.1 Å². The highest BCUT2D eigenvalue weighted by Crippen LogP contribution is 2.05. The fourth-order valence-electron chi connectivity index (χ4n) is 1.56. The molecule has 0 amide bonds. The van der Waals surface area contributed by atoms with Crippen LogP contribution in [0.3, 0.4) is 0 Å². The van der Waals surface area contributed by atoms with E-state index in [0.29, 0.717) is 12.4 Å². The average molecular weight is 204 g/mol. The number of carbonyl (C=O) groups excluding carboxylic acids is 1. The van der Waals surface area contributed by atoms with Gasteiger partial charge in [-0.3, -0.25) is 9.48 Å². The van der Waals surface area contributed by atoms with Crippen LogP contribution < -0.4 is 0 Å². The van der Waals surface area contributed by atoms with E-state index >= 15 is 0 Å². The minimum atomic E-state index is 0.439. The Labute approximate surface area is 87.4 Å². The van der Waals surface area contributed by atoms with E-state index in [1.165, 1.54) is 0 Å². The topological polar surface area (TPSA) is 52.7 Å². The average Bonchev–Trinajstić information content (AvgIpc) is 2.74. The van der Waals surface area contributed by atoms with Crippen molar-refractivity contribution in [2.45, 2.75) is 13.5 Å². The number of imidazole rings is 1. The number of aryl methyl sites for hydroxylation is 2. The van der Waals surface area contributed by atoms with Gasteiger partial charge in [-0.25, -0.2) is 4.98 Å². The molecule has 0 spiro atoms. The normalized spacial score (nSPS) is 10.5. The third-order valence-corrected chi connectivity index (χ3v) is 2.28. The molecule has 0 saturated heterocycles. The first-order valence-electron chi connectivity index (χ1n) is 4.66. The molecule has 2 aromatic rings. The number of hydrogen-bond acceptors (Lipinski definition) is 3. The molecule has 5 heteroatoms. The first-order valence-corrected chi connectivity index (χ1v) is 4.66. The van der Waals surface area contributed by atoms with Crippen molar-refractivity contribution in [1.29, 1.82) is 0 Å². The van der Waals surface area contributed by atoms with Crippen molar-refractivity contribution < 1.29 is 4.79 Å². The molecule has 0 N–H and O–H groups in total. The maximum Gasteiger partial charge on any atom is 0.185 e. The molecule has 0 bridgehead atoms. The van der Waals surface area contributed by atoms with Crippen molar-refractivity contribution in [2.75, 3.05) is 0 Å². The predicted octanol–water partition coefficient (Wildman–Crippen LogP) is 0.786. The molecule has 0 aliphatic rings. The van der Waals surface area contributed by atoms with Crippen LogP contribution in [0.2, 0.25) is 0 Å². The maximum absolute atomic E-state index is 10.7. The summed E-state index contributed by atoms with van der Waals surface area (Å²) in [6.07, 6.45) is 4.16. The van der Waals surface area contributed by atoms with Gasteiger partial charge in [0.05, 0.1) is 17.9 Å². The summed E-state index contributed by atoms with van der Waals surface area (Å²) in [5.41, 5.74) is 2.02. The van der Waals surface area contributed by atoms with E-state index < -0.39 is 0 Å². The lowest BCUT2D eigenvalue weighted by atomic mass is 10.3. The summed E-state index contributed by atoms with van der Waals surface area (Å²) >= 11 is 0. The number of aldehydes is 1. The predicted molar refractivity (Wildman–Crippen MR) is 54.7 cm³/mol.